The van der Waals surface area contributed by atoms with Crippen LogP contribution in [0.2, 0.25) is 0 Å². The van der Waals surface area contributed by atoms with Crippen LogP contribution in [0.25, 0.3) is 0 Å². The molecule has 0 aromatic rings. The fraction of sp³-hybridized carbons (Fsp3) is 0.900. The molecule has 0 atom stereocenters. The summed E-state index contributed by atoms with van der Waals surface area (Å²) in [4.78, 5) is 11.4. The van der Waals surface area contributed by atoms with Crippen molar-refractivity contribution in [3.63, 3.8) is 0 Å². The first kappa shape index (κ1) is 13.8. The van der Waals surface area contributed by atoms with Crippen molar-refractivity contribution >= 4 is 17.7 Å². The molecule has 5 nitrogen and oxygen atoms in total. The average molecular weight is 248 g/mol. The van der Waals surface area contributed by atoms with Crippen molar-refractivity contribution in [2.24, 2.45) is 0 Å². The second-order valence-corrected chi connectivity index (χ2v) is 5.18. The molecule has 0 aliphatic carbocycles. The van der Waals surface area contributed by atoms with Crippen LogP contribution in [-0.2, 0) is 4.79 Å². The zero-order chi connectivity index (χ0) is 11.8. The third kappa shape index (κ3) is 5.16. The van der Waals surface area contributed by atoms with Gasteiger partial charge < -0.3 is 20.8 Å². The fourth-order valence-electron chi connectivity index (χ4n) is 1.57. The Bertz CT molecular complexity index is 206. The maximum atomic E-state index is 11.4. The van der Waals surface area contributed by atoms with Crippen LogP contribution in [0, 0.1) is 0 Å². The minimum Gasteiger partial charge on any atom is -0.394 e. The van der Waals surface area contributed by atoms with Crippen molar-refractivity contribution in [2.75, 3.05) is 32.1 Å². The van der Waals surface area contributed by atoms with E-state index >= 15 is 0 Å². The van der Waals surface area contributed by atoms with Crippen molar-refractivity contribution in [2.45, 2.75) is 24.1 Å². The second-order valence-electron chi connectivity index (χ2n) is 3.89. The third-order valence-corrected chi connectivity index (χ3v) is 3.91. The Kier molecular flexibility index (Phi) is 6.79. The summed E-state index contributed by atoms with van der Waals surface area (Å²) < 4.78 is 0. The van der Waals surface area contributed by atoms with Crippen molar-refractivity contribution in [3.05, 3.63) is 0 Å². The largest absolute Gasteiger partial charge is 0.394 e. The van der Waals surface area contributed by atoms with Gasteiger partial charge in [0.05, 0.1) is 25.0 Å². The molecule has 4 N–H and O–H groups in total. The van der Waals surface area contributed by atoms with E-state index in [-0.39, 0.29) is 19.1 Å². The number of thioether (sulfide) groups is 1. The topological polar surface area (TPSA) is 81.6 Å². The highest BCUT2D eigenvalue weighted by molar-refractivity contribution is 8.00. The summed E-state index contributed by atoms with van der Waals surface area (Å²) in [6.07, 6.45) is 2.20. The molecule has 1 saturated heterocycles. The second kappa shape index (κ2) is 7.89. The van der Waals surface area contributed by atoms with Crippen molar-refractivity contribution in [3.8, 4) is 0 Å². The summed E-state index contributed by atoms with van der Waals surface area (Å²) in [6.45, 7) is 1.60. The van der Waals surface area contributed by atoms with Gasteiger partial charge >= 0.3 is 0 Å². The van der Waals surface area contributed by atoms with Crippen LogP contribution < -0.4 is 10.6 Å². The molecule has 1 aliphatic heterocycles. The molecule has 16 heavy (non-hydrogen) atoms. The summed E-state index contributed by atoms with van der Waals surface area (Å²) >= 11 is 1.65. The van der Waals surface area contributed by atoms with E-state index in [0.29, 0.717) is 11.0 Å². The lowest BCUT2D eigenvalue weighted by atomic mass is 10.2. The van der Waals surface area contributed by atoms with E-state index < -0.39 is 6.04 Å². The van der Waals surface area contributed by atoms with Crippen molar-refractivity contribution in [1.29, 1.82) is 0 Å². The van der Waals surface area contributed by atoms with Gasteiger partial charge in [0.15, 0.2) is 0 Å². The van der Waals surface area contributed by atoms with E-state index in [1.807, 2.05) is 0 Å². The molecule has 1 amide bonds. The van der Waals surface area contributed by atoms with Gasteiger partial charge in [0.25, 0.3) is 0 Å². The van der Waals surface area contributed by atoms with Crippen LogP contribution in [0.15, 0.2) is 0 Å². The molecular weight excluding hydrogens is 228 g/mol. The number of carbonyl (C=O) groups is 1. The lowest BCUT2D eigenvalue weighted by Crippen LogP contribution is -2.41. The molecule has 1 aliphatic rings. The van der Waals surface area contributed by atoms with Gasteiger partial charge in [0.1, 0.15) is 0 Å². The van der Waals surface area contributed by atoms with Crippen LogP contribution in [0.3, 0.4) is 0 Å². The van der Waals surface area contributed by atoms with Crippen LogP contribution in [-0.4, -0.2) is 59.5 Å². The third-order valence-electron chi connectivity index (χ3n) is 2.54. The van der Waals surface area contributed by atoms with Gasteiger partial charge in [0.2, 0.25) is 5.91 Å². The predicted octanol–water partition coefficient (Wildman–Crippen LogP) is -1.06. The summed E-state index contributed by atoms with van der Waals surface area (Å²) in [6, 6.07) is -0.527. The van der Waals surface area contributed by atoms with E-state index in [0.717, 1.165) is 25.9 Å². The Morgan fingerprint density at radius 3 is 2.56 bits per heavy atom. The Morgan fingerprint density at radius 1 is 1.38 bits per heavy atom. The van der Waals surface area contributed by atoms with Gasteiger partial charge in [-0.25, -0.2) is 0 Å². The van der Waals surface area contributed by atoms with Gasteiger partial charge in [-0.05, 0) is 25.9 Å². The van der Waals surface area contributed by atoms with Gasteiger partial charge in [-0.1, -0.05) is 0 Å². The smallest absolute Gasteiger partial charge is 0.230 e. The van der Waals surface area contributed by atoms with E-state index in [1.165, 1.54) is 0 Å². The van der Waals surface area contributed by atoms with Gasteiger partial charge in [-0.15, -0.1) is 11.8 Å². The number of amides is 1. The first-order valence-corrected chi connectivity index (χ1v) is 6.64. The number of carbonyl (C=O) groups excluding carboxylic acids is 1. The molecule has 1 rings (SSSR count). The molecular formula is C10H20N2O3S. The number of piperidine rings is 1. The quantitative estimate of drug-likeness (QED) is 0.482. The Hall–Kier alpha value is -0.300. The highest BCUT2D eigenvalue weighted by atomic mass is 32.2. The normalized spacial score (nSPS) is 17.7. The first-order valence-electron chi connectivity index (χ1n) is 5.59. The summed E-state index contributed by atoms with van der Waals surface area (Å²) in [5.41, 5.74) is 0. The first-order chi connectivity index (χ1) is 7.76. The van der Waals surface area contributed by atoms with E-state index in [4.69, 9.17) is 10.2 Å². The number of aliphatic hydroxyl groups excluding tert-OH is 2. The predicted molar refractivity (Wildman–Crippen MR) is 64.5 cm³/mol. The SMILES string of the molecule is O=C(CSC1CCNCC1)NC(CO)CO. The number of hydrogen-bond acceptors (Lipinski definition) is 5. The fourth-order valence-corrected chi connectivity index (χ4v) is 2.61. The van der Waals surface area contributed by atoms with Crippen LogP contribution >= 0.6 is 11.8 Å². The zero-order valence-corrected chi connectivity index (χ0v) is 10.1. The molecule has 0 spiro atoms. The van der Waals surface area contributed by atoms with Crippen LogP contribution in [0.1, 0.15) is 12.8 Å². The maximum absolute atomic E-state index is 11.4. The molecule has 0 aromatic heterocycles. The van der Waals surface area contributed by atoms with Crippen molar-refractivity contribution in [1.82, 2.24) is 10.6 Å². The Morgan fingerprint density at radius 2 is 2.00 bits per heavy atom. The van der Waals surface area contributed by atoms with E-state index in [2.05, 4.69) is 10.6 Å². The highest BCUT2D eigenvalue weighted by Crippen LogP contribution is 2.19. The molecule has 6 heteroatoms. The molecule has 94 valence electrons. The average Bonchev–Trinajstić information content (AvgIpc) is 2.34. The standard InChI is InChI=1S/C10H20N2O3S/c13-5-8(6-14)12-10(15)7-16-9-1-3-11-4-2-9/h8-9,11,13-14H,1-7H2,(H,12,15). The molecule has 0 radical (unpaired) electrons. The van der Waals surface area contributed by atoms with Gasteiger partial charge in [0, 0.05) is 5.25 Å². The number of aliphatic hydroxyl groups is 2. The van der Waals surface area contributed by atoms with Crippen LogP contribution in [0.4, 0.5) is 0 Å². The van der Waals surface area contributed by atoms with E-state index in [1.54, 1.807) is 11.8 Å². The lowest BCUT2D eigenvalue weighted by molar-refractivity contribution is -0.119. The van der Waals surface area contributed by atoms with Gasteiger partial charge in [-0.2, -0.15) is 0 Å². The molecule has 0 unspecified atom stereocenters. The highest BCUT2D eigenvalue weighted by Gasteiger charge is 2.16. The van der Waals surface area contributed by atoms with Crippen LogP contribution in [0.5, 0.6) is 0 Å². The minimum atomic E-state index is -0.527. The number of rotatable bonds is 6. The molecule has 0 aromatic carbocycles. The Labute approximate surface area is 100.0 Å². The summed E-state index contributed by atoms with van der Waals surface area (Å²) in [5, 5.41) is 24.0. The van der Waals surface area contributed by atoms with Crippen molar-refractivity contribution < 1.29 is 15.0 Å². The number of nitrogens with one attached hydrogen (secondary N) is 2. The summed E-state index contributed by atoms with van der Waals surface area (Å²) in [5.74, 6) is 0.290. The monoisotopic (exact) mass is 248 g/mol. The molecule has 1 heterocycles. The molecule has 0 saturated carbocycles. The maximum Gasteiger partial charge on any atom is 0.230 e. The number of hydrogen-bond donors (Lipinski definition) is 4. The minimum absolute atomic E-state index is 0.114. The lowest BCUT2D eigenvalue weighted by Gasteiger charge is -2.22. The Balaban J connectivity index is 2.13. The molecule has 0 bridgehead atoms. The van der Waals surface area contributed by atoms with E-state index in [9.17, 15) is 4.79 Å². The zero-order valence-electron chi connectivity index (χ0n) is 9.32. The summed E-state index contributed by atoms with van der Waals surface area (Å²) in [7, 11) is 0. The molecule has 1 fully saturated rings. The van der Waals surface area contributed by atoms with Gasteiger partial charge in [-0.3, -0.25) is 4.79 Å².